The summed E-state index contributed by atoms with van der Waals surface area (Å²) < 4.78 is 11.0. The molecule has 4 nitrogen and oxygen atoms in total. The van der Waals surface area contributed by atoms with Gasteiger partial charge in [0, 0.05) is 0 Å². The Kier molecular flexibility index (Phi) is 4.87. The maximum Gasteiger partial charge on any atom is 0.270 e. The minimum Gasteiger partial charge on any atom is -0.497 e. The molecule has 0 bridgehead atoms. The Labute approximate surface area is 150 Å². The molecule has 0 atom stereocenters. The number of benzene rings is 2. The van der Waals surface area contributed by atoms with Crippen LogP contribution in [0.3, 0.4) is 0 Å². The third kappa shape index (κ3) is 3.16. The van der Waals surface area contributed by atoms with Gasteiger partial charge in [0.1, 0.15) is 11.5 Å². The summed E-state index contributed by atoms with van der Waals surface area (Å²) in [6.07, 6.45) is 1.83. The molecule has 2 aromatic rings. The molecular weight excluding hydrogens is 342 g/mol. The Balaban J connectivity index is 1.92. The summed E-state index contributed by atoms with van der Waals surface area (Å²) >= 11 is 6.67. The van der Waals surface area contributed by atoms with Gasteiger partial charge in [-0.25, -0.2) is 0 Å². The molecule has 6 heteroatoms. The van der Waals surface area contributed by atoms with Crippen LogP contribution in [-0.4, -0.2) is 24.4 Å². The van der Waals surface area contributed by atoms with Crippen molar-refractivity contribution in [3.8, 4) is 11.5 Å². The van der Waals surface area contributed by atoms with Crippen LogP contribution < -0.4 is 14.4 Å². The van der Waals surface area contributed by atoms with Gasteiger partial charge in [0.25, 0.3) is 5.91 Å². The Bertz CT molecular complexity index is 815. The van der Waals surface area contributed by atoms with E-state index in [9.17, 15) is 4.79 Å². The molecule has 0 unspecified atom stereocenters. The second kappa shape index (κ2) is 7.07. The zero-order valence-corrected chi connectivity index (χ0v) is 14.8. The molecule has 0 aromatic heterocycles. The van der Waals surface area contributed by atoms with Gasteiger partial charge in [-0.3, -0.25) is 9.69 Å². The molecule has 0 N–H and O–H groups in total. The number of thioether (sulfide) groups is 1. The zero-order valence-electron chi connectivity index (χ0n) is 13.2. The predicted octanol–water partition coefficient (Wildman–Crippen LogP) is 4.11. The number of hydrogen-bond acceptors (Lipinski definition) is 5. The van der Waals surface area contributed by atoms with E-state index in [1.807, 2.05) is 48.5 Å². The van der Waals surface area contributed by atoms with Gasteiger partial charge in [-0.2, -0.15) is 0 Å². The van der Waals surface area contributed by atoms with Crippen LogP contribution in [0.1, 0.15) is 5.56 Å². The highest BCUT2D eigenvalue weighted by Crippen LogP contribution is 2.39. The van der Waals surface area contributed by atoms with Crippen molar-refractivity contribution in [2.24, 2.45) is 0 Å². The fraction of sp³-hybridized carbons (Fsp3) is 0.111. The largest absolute Gasteiger partial charge is 0.497 e. The van der Waals surface area contributed by atoms with E-state index in [1.165, 1.54) is 16.7 Å². The number of carbonyl (C=O) groups excluding carboxylic acids is 1. The van der Waals surface area contributed by atoms with E-state index < -0.39 is 0 Å². The molecule has 0 saturated carbocycles. The number of amides is 1. The minimum absolute atomic E-state index is 0.148. The quantitative estimate of drug-likeness (QED) is 0.608. The number of carbonyl (C=O) groups is 1. The Morgan fingerprint density at radius 2 is 1.75 bits per heavy atom. The molecule has 0 spiro atoms. The maximum absolute atomic E-state index is 12.8. The van der Waals surface area contributed by atoms with E-state index in [0.29, 0.717) is 20.7 Å². The third-order valence-electron chi connectivity index (χ3n) is 3.53. The lowest BCUT2D eigenvalue weighted by atomic mass is 10.2. The summed E-state index contributed by atoms with van der Waals surface area (Å²) in [5.74, 6) is 1.23. The normalized spacial score (nSPS) is 15.9. The molecule has 122 valence electrons. The number of hydrogen-bond donors (Lipinski definition) is 0. The molecule has 1 saturated heterocycles. The Morgan fingerprint density at radius 3 is 2.42 bits per heavy atom. The van der Waals surface area contributed by atoms with Crippen LogP contribution in [0.25, 0.3) is 6.08 Å². The van der Waals surface area contributed by atoms with Crippen LogP contribution in [0, 0.1) is 0 Å². The van der Waals surface area contributed by atoms with Crippen molar-refractivity contribution >= 4 is 46.0 Å². The van der Waals surface area contributed by atoms with Crippen LogP contribution in [0.15, 0.2) is 53.4 Å². The highest BCUT2D eigenvalue weighted by atomic mass is 32.2. The second-order valence-electron chi connectivity index (χ2n) is 4.96. The first-order valence-electron chi connectivity index (χ1n) is 7.19. The molecule has 1 fully saturated rings. The lowest BCUT2D eigenvalue weighted by Crippen LogP contribution is -2.27. The van der Waals surface area contributed by atoms with Gasteiger partial charge in [0.05, 0.1) is 24.8 Å². The van der Waals surface area contributed by atoms with Gasteiger partial charge >= 0.3 is 0 Å². The molecule has 3 rings (SSSR count). The molecule has 0 aliphatic carbocycles. The van der Waals surface area contributed by atoms with E-state index in [-0.39, 0.29) is 5.91 Å². The van der Waals surface area contributed by atoms with Crippen LogP contribution in [0.2, 0.25) is 0 Å². The van der Waals surface area contributed by atoms with E-state index in [4.69, 9.17) is 21.7 Å². The molecule has 24 heavy (non-hydrogen) atoms. The number of rotatable bonds is 4. The van der Waals surface area contributed by atoms with Crippen molar-refractivity contribution in [3.05, 3.63) is 59.0 Å². The Morgan fingerprint density at radius 1 is 1.04 bits per heavy atom. The van der Waals surface area contributed by atoms with Crippen molar-refractivity contribution in [1.82, 2.24) is 0 Å². The summed E-state index contributed by atoms with van der Waals surface area (Å²) in [6, 6.07) is 14.8. The van der Waals surface area contributed by atoms with Crippen LogP contribution >= 0.6 is 24.0 Å². The molecule has 0 radical (unpaired) electrons. The first-order chi connectivity index (χ1) is 11.6. The van der Waals surface area contributed by atoms with Gasteiger partial charge in [-0.1, -0.05) is 48.2 Å². The van der Waals surface area contributed by atoms with Crippen molar-refractivity contribution in [2.75, 3.05) is 19.1 Å². The first kappa shape index (κ1) is 16.5. The van der Waals surface area contributed by atoms with Gasteiger partial charge in [0.15, 0.2) is 4.32 Å². The monoisotopic (exact) mass is 357 g/mol. The third-order valence-corrected chi connectivity index (χ3v) is 4.84. The molecule has 1 aliphatic rings. The van der Waals surface area contributed by atoms with E-state index >= 15 is 0 Å². The van der Waals surface area contributed by atoms with Crippen LogP contribution in [0.5, 0.6) is 11.5 Å². The number of nitrogens with zero attached hydrogens (tertiary/aromatic N) is 1. The van der Waals surface area contributed by atoms with E-state index in [2.05, 4.69) is 0 Å². The number of ether oxygens (including phenoxy) is 2. The van der Waals surface area contributed by atoms with Gasteiger partial charge in [-0.15, -0.1) is 0 Å². The molecule has 2 aromatic carbocycles. The fourth-order valence-corrected chi connectivity index (χ4v) is 3.63. The molecular formula is C18H15NO3S2. The SMILES string of the molecule is COc1ccc(C=C2SC(=S)N(c3ccccc3OC)C2=O)cc1. The smallest absolute Gasteiger partial charge is 0.270 e. The molecule has 1 heterocycles. The van der Waals surface area contributed by atoms with Crippen LogP contribution in [0.4, 0.5) is 5.69 Å². The number of methoxy groups -OCH3 is 2. The topological polar surface area (TPSA) is 38.8 Å². The van der Waals surface area contributed by atoms with Crippen molar-refractivity contribution < 1.29 is 14.3 Å². The maximum atomic E-state index is 12.8. The van der Waals surface area contributed by atoms with Crippen molar-refractivity contribution in [3.63, 3.8) is 0 Å². The van der Waals surface area contributed by atoms with E-state index in [1.54, 1.807) is 20.3 Å². The predicted molar refractivity (Wildman–Crippen MR) is 102 cm³/mol. The summed E-state index contributed by atoms with van der Waals surface area (Å²) in [7, 11) is 3.19. The lowest BCUT2D eigenvalue weighted by Gasteiger charge is -2.17. The average Bonchev–Trinajstić information content (AvgIpc) is 2.89. The average molecular weight is 357 g/mol. The zero-order chi connectivity index (χ0) is 17.1. The van der Waals surface area contributed by atoms with Crippen molar-refractivity contribution in [2.45, 2.75) is 0 Å². The second-order valence-corrected chi connectivity index (χ2v) is 6.64. The fourth-order valence-electron chi connectivity index (χ4n) is 2.34. The van der Waals surface area contributed by atoms with Gasteiger partial charge in [0.2, 0.25) is 0 Å². The van der Waals surface area contributed by atoms with Gasteiger partial charge in [-0.05, 0) is 35.9 Å². The summed E-state index contributed by atoms with van der Waals surface area (Å²) in [5.41, 5.74) is 1.57. The minimum atomic E-state index is -0.148. The Hall–Kier alpha value is -2.31. The van der Waals surface area contributed by atoms with Crippen LogP contribution in [-0.2, 0) is 4.79 Å². The van der Waals surface area contributed by atoms with Gasteiger partial charge < -0.3 is 9.47 Å². The highest BCUT2D eigenvalue weighted by molar-refractivity contribution is 8.27. The lowest BCUT2D eigenvalue weighted by molar-refractivity contribution is -0.113. The highest BCUT2D eigenvalue weighted by Gasteiger charge is 2.34. The first-order valence-corrected chi connectivity index (χ1v) is 8.41. The molecule has 1 aliphatic heterocycles. The summed E-state index contributed by atoms with van der Waals surface area (Å²) in [5, 5.41) is 0. The summed E-state index contributed by atoms with van der Waals surface area (Å²) in [6.45, 7) is 0. The van der Waals surface area contributed by atoms with Crippen molar-refractivity contribution in [1.29, 1.82) is 0 Å². The van der Waals surface area contributed by atoms with E-state index in [0.717, 1.165) is 11.3 Å². The standard InChI is InChI=1S/C18H15NO3S2/c1-21-13-9-7-12(8-10-13)11-16-17(20)19(18(23)24-16)14-5-3-4-6-15(14)22-2/h3-11H,1-2H3. The number of para-hydroxylation sites is 2. The molecule has 1 amide bonds. The number of anilines is 1. The number of thiocarbonyl (C=S) groups is 1. The summed E-state index contributed by atoms with van der Waals surface area (Å²) in [4.78, 5) is 14.9.